The van der Waals surface area contributed by atoms with Crippen molar-refractivity contribution in [1.82, 2.24) is 9.55 Å². The van der Waals surface area contributed by atoms with Gasteiger partial charge in [0.25, 0.3) is 5.91 Å². The Hall–Kier alpha value is -3.76. The molecule has 2 aromatic carbocycles. The SMILES string of the molecule is COc1cc(-c2nc(NC(=O)c3cc4c(OC)cccc4n3CC(=O)O)sc2CCC2CCCCC2)c(OC)cc1Cl. The number of ether oxygens (including phenoxy) is 3. The molecule has 5 rings (SSSR count). The molecule has 0 atom stereocenters. The molecule has 0 spiro atoms. The number of hydrogen-bond donors (Lipinski definition) is 2. The Morgan fingerprint density at radius 1 is 1.05 bits per heavy atom. The van der Waals surface area contributed by atoms with Gasteiger partial charge in [0.1, 0.15) is 29.5 Å². The third kappa shape index (κ3) is 6.19. The van der Waals surface area contributed by atoms with Crippen LogP contribution in [0.5, 0.6) is 17.2 Å². The van der Waals surface area contributed by atoms with E-state index in [1.807, 2.05) is 6.07 Å². The molecule has 222 valence electrons. The normalized spacial score (nSPS) is 13.7. The predicted octanol–water partition coefficient (Wildman–Crippen LogP) is 7.29. The van der Waals surface area contributed by atoms with Gasteiger partial charge in [-0.25, -0.2) is 4.98 Å². The number of nitrogens with zero attached hydrogens (tertiary/aromatic N) is 2. The van der Waals surface area contributed by atoms with Gasteiger partial charge in [0.05, 0.1) is 37.6 Å². The van der Waals surface area contributed by atoms with Crippen molar-refractivity contribution in [2.75, 3.05) is 26.6 Å². The number of anilines is 1. The molecule has 42 heavy (non-hydrogen) atoms. The van der Waals surface area contributed by atoms with E-state index < -0.39 is 11.9 Å². The smallest absolute Gasteiger partial charge is 0.323 e. The average Bonchev–Trinajstić information content (AvgIpc) is 3.57. The number of amides is 1. The molecular weight excluding hydrogens is 578 g/mol. The van der Waals surface area contributed by atoms with Crippen LogP contribution < -0.4 is 19.5 Å². The van der Waals surface area contributed by atoms with E-state index in [1.165, 1.54) is 55.1 Å². The van der Waals surface area contributed by atoms with E-state index >= 15 is 0 Å². The maximum atomic E-state index is 13.7. The van der Waals surface area contributed by atoms with Crippen molar-refractivity contribution in [3.8, 4) is 28.5 Å². The van der Waals surface area contributed by atoms with Crippen molar-refractivity contribution in [3.63, 3.8) is 0 Å². The number of fused-ring (bicyclic) bond motifs is 1. The van der Waals surface area contributed by atoms with E-state index in [-0.39, 0.29) is 12.2 Å². The first-order valence-electron chi connectivity index (χ1n) is 13.9. The van der Waals surface area contributed by atoms with Gasteiger partial charge in [-0.2, -0.15) is 0 Å². The Morgan fingerprint density at radius 3 is 2.48 bits per heavy atom. The second-order valence-electron chi connectivity index (χ2n) is 10.4. The molecule has 2 heterocycles. The van der Waals surface area contributed by atoms with Gasteiger partial charge in [0.15, 0.2) is 5.13 Å². The van der Waals surface area contributed by atoms with Crippen LogP contribution in [0.15, 0.2) is 36.4 Å². The Bertz CT molecular complexity index is 1610. The number of hydrogen-bond acceptors (Lipinski definition) is 7. The molecule has 0 bridgehead atoms. The summed E-state index contributed by atoms with van der Waals surface area (Å²) in [4.78, 5) is 31.3. The second kappa shape index (κ2) is 13.0. The highest BCUT2D eigenvalue weighted by Crippen LogP contribution is 2.43. The highest BCUT2D eigenvalue weighted by atomic mass is 35.5. The number of halogens is 1. The Morgan fingerprint density at radius 2 is 1.79 bits per heavy atom. The van der Waals surface area contributed by atoms with Crippen molar-refractivity contribution in [1.29, 1.82) is 0 Å². The molecule has 0 unspecified atom stereocenters. The quantitative estimate of drug-likeness (QED) is 0.183. The summed E-state index contributed by atoms with van der Waals surface area (Å²) in [6, 6.07) is 10.5. The van der Waals surface area contributed by atoms with Crippen molar-refractivity contribution >= 4 is 50.8 Å². The van der Waals surface area contributed by atoms with Crippen LogP contribution >= 0.6 is 22.9 Å². The van der Waals surface area contributed by atoms with Crippen LogP contribution in [0.3, 0.4) is 0 Å². The summed E-state index contributed by atoms with van der Waals surface area (Å²) in [5.74, 6) is 0.739. The van der Waals surface area contributed by atoms with Crippen LogP contribution in [0.1, 0.15) is 53.9 Å². The largest absolute Gasteiger partial charge is 0.496 e. The van der Waals surface area contributed by atoms with Gasteiger partial charge < -0.3 is 23.9 Å². The summed E-state index contributed by atoms with van der Waals surface area (Å²) in [5.41, 5.74) is 2.21. The van der Waals surface area contributed by atoms with E-state index in [2.05, 4.69) is 5.32 Å². The summed E-state index contributed by atoms with van der Waals surface area (Å²) >= 11 is 7.80. The fourth-order valence-electron chi connectivity index (χ4n) is 5.73. The number of carbonyl (C=O) groups is 2. The van der Waals surface area contributed by atoms with Gasteiger partial charge in [-0.05, 0) is 43.0 Å². The number of aryl methyl sites for hydroxylation is 1. The molecule has 1 saturated carbocycles. The van der Waals surface area contributed by atoms with Gasteiger partial charge in [-0.3, -0.25) is 14.9 Å². The zero-order valence-corrected chi connectivity index (χ0v) is 25.4. The summed E-state index contributed by atoms with van der Waals surface area (Å²) in [6.07, 6.45) is 8.11. The third-order valence-corrected chi connectivity index (χ3v) is 9.13. The number of benzene rings is 2. The minimum atomic E-state index is -1.06. The molecule has 1 amide bonds. The molecule has 0 saturated heterocycles. The zero-order chi connectivity index (χ0) is 29.8. The molecule has 4 aromatic rings. The monoisotopic (exact) mass is 611 g/mol. The zero-order valence-electron chi connectivity index (χ0n) is 23.9. The van der Waals surface area contributed by atoms with Crippen LogP contribution in [0, 0.1) is 5.92 Å². The molecule has 0 radical (unpaired) electrons. The van der Waals surface area contributed by atoms with Crippen molar-refractivity contribution < 1.29 is 28.9 Å². The molecule has 1 aliphatic carbocycles. The lowest BCUT2D eigenvalue weighted by atomic mass is 9.86. The summed E-state index contributed by atoms with van der Waals surface area (Å²) in [7, 11) is 4.67. The molecular formula is C31H34ClN3O6S. The van der Waals surface area contributed by atoms with E-state index in [0.717, 1.165) is 23.3 Å². The fraction of sp³-hybridized carbons (Fsp3) is 0.387. The first-order chi connectivity index (χ1) is 20.3. The van der Waals surface area contributed by atoms with Gasteiger partial charge in [-0.1, -0.05) is 49.8 Å². The van der Waals surface area contributed by atoms with Gasteiger partial charge in [0, 0.05) is 21.9 Å². The number of nitrogens with one attached hydrogen (secondary N) is 1. The number of aromatic nitrogens is 2. The van der Waals surface area contributed by atoms with Crippen molar-refractivity contribution in [3.05, 3.63) is 52.0 Å². The number of carboxylic acid groups (broad SMARTS) is 1. The molecule has 1 fully saturated rings. The van der Waals surface area contributed by atoms with Crippen molar-refractivity contribution in [2.24, 2.45) is 5.92 Å². The number of rotatable bonds is 11. The molecule has 2 aromatic heterocycles. The van der Waals surface area contributed by atoms with E-state index in [0.29, 0.717) is 49.9 Å². The fourth-order valence-corrected chi connectivity index (χ4v) is 6.95. The van der Waals surface area contributed by atoms with Crippen LogP contribution in [0.2, 0.25) is 5.02 Å². The van der Waals surface area contributed by atoms with Crippen LogP contribution in [0.25, 0.3) is 22.2 Å². The Labute approximate surface area is 253 Å². The maximum absolute atomic E-state index is 13.7. The highest BCUT2D eigenvalue weighted by Gasteiger charge is 2.24. The van der Waals surface area contributed by atoms with E-state index in [9.17, 15) is 14.7 Å². The molecule has 9 nitrogen and oxygen atoms in total. The number of methoxy groups -OCH3 is 3. The summed E-state index contributed by atoms with van der Waals surface area (Å²) in [6.45, 7) is -0.378. The second-order valence-corrected chi connectivity index (χ2v) is 11.9. The van der Waals surface area contributed by atoms with Gasteiger partial charge >= 0.3 is 5.97 Å². The van der Waals surface area contributed by atoms with Crippen LogP contribution in [0.4, 0.5) is 5.13 Å². The standard InChI is InChI=1S/C31H34ClN3O6S/c1-39-24-11-7-10-22-19(24)14-23(35(22)17-28(36)37)30(38)34-31-33-29(20-15-26(41-3)21(32)16-25(20)40-2)27(42-31)13-12-18-8-5-4-6-9-18/h7,10-11,14-16,18H,4-6,8-9,12-13,17H2,1-3H3,(H,36,37)(H,33,34,38). The molecule has 1 aliphatic rings. The lowest BCUT2D eigenvalue weighted by Crippen LogP contribution is -2.19. The van der Waals surface area contributed by atoms with E-state index in [1.54, 1.807) is 44.6 Å². The predicted molar refractivity (Wildman–Crippen MR) is 165 cm³/mol. The number of carbonyl (C=O) groups excluding carboxylic acids is 1. The van der Waals surface area contributed by atoms with Crippen LogP contribution in [-0.4, -0.2) is 47.9 Å². The lowest BCUT2D eigenvalue weighted by molar-refractivity contribution is -0.137. The average molecular weight is 612 g/mol. The number of carboxylic acids is 1. The third-order valence-electron chi connectivity index (χ3n) is 7.80. The molecule has 2 N–H and O–H groups in total. The minimum Gasteiger partial charge on any atom is -0.496 e. The first-order valence-corrected chi connectivity index (χ1v) is 15.1. The maximum Gasteiger partial charge on any atom is 0.323 e. The van der Waals surface area contributed by atoms with Crippen LogP contribution in [-0.2, 0) is 17.8 Å². The number of thiazole rings is 1. The summed E-state index contributed by atoms with van der Waals surface area (Å²) < 4.78 is 18.1. The molecule has 0 aliphatic heterocycles. The minimum absolute atomic E-state index is 0.197. The Balaban J connectivity index is 1.53. The first kappa shape index (κ1) is 29.7. The van der Waals surface area contributed by atoms with Gasteiger partial charge in [0.2, 0.25) is 0 Å². The Kier molecular flexibility index (Phi) is 9.23. The highest BCUT2D eigenvalue weighted by molar-refractivity contribution is 7.16. The summed E-state index contributed by atoms with van der Waals surface area (Å²) in [5, 5.41) is 14.0. The molecule has 11 heteroatoms. The lowest BCUT2D eigenvalue weighted by Gasteiger charge is -2.21. The number of aliphatic carboxylic acids is 1. The van der Waals surface area contributed by atoms with Gasteiger partial charge in [-0.15, -0.1) is 11.3 Å². The van der Waals surface area contributed by atoms with E-state index in [4.69, 9.17) is 30.8 Å². The van der Waals surface area contributed by atoms with Crippen molar-refractivity contribution in [2.45, 2.75) is 51.5 Å². The topological polar surface area (TPSA) is 112 Å².